The van der Waals surface area contributed by atoms with Crippen molar-refractivity contribution in [3.63, 3.8) is 0 Å². The summed E-state index contributed by atoms with van der Waals surface area (Å²) in [5.41, 5.74) is 2.47. The quantitative estimate of drug-likeness (QED) is 0.627. The largest absolute Gasteiger partial charge is 0.490 e. The third kappa shape index (κ3) is 1.42. The van der Waals surface area contributed by atoms with Gasteiger partial charge in [0.25, 0.3) is 0 Å². The van der Waals surface area contributed by atoms with Gasteiger partial charge in [0.1, 0.15) is 11.9 Å². The zero-order chi connectivity index (χ0) is 9.42. The average molecular weight is 197 g/mol. The third-order valence-electron chi connectivity index (χ3n) is 2.74. The lowest BCUT2D eigenvalue weighted by molar-refractivity contribution is 0.232. The molecular formula is C11H13ClO. The lowest BCUT2D eigenvalue weighted by atomic mass is 9.97. The van der Waals surface area contributed by atoms with E-state index in [1.54, 1.807) is 0 Å². The van der Waals surface area contributed by atoms with Crippen molar-refractivity contribution in [1.29, 1.82) is 0 Å². The molecule has 2 atom stereocenters. The summed E-state index contributed by atoms with van der Waals surface area (Å²) in [7, 11) is 0. The number of hydrogen-bond acceptors (Lipinski definition) is 1. The van der Waals surface area contributed by atoms with Crippen molar-refractivity contribution in [2.24, 2.45) is 0 Å². The zero-order valence-electron chi connectivity index (χ0n) is 7.88. The van der Waals surface area contributed by atoms with Crippen LogP contribution < -0.4 is 4.74 Å². The molecule has 1 aliphatic heterocycles. The van der Waals surface area contributed by atoms with Crippen molar-refractivity contribution < 1.29 is 4.74 Å². The number of halogens is 1. The molecule has 0 spiro atoms. The van der Waals surface area contributed by atoms with E-state index < -0.39 is 0 Å². The first-order valence-corrected chi connectivity index (χ1v) is 5.11. The minimum absolute atomic E-state index is 0.292. The van der Waals surface area contributed by atoms with E-state index in [9.17, 15) is 0 Å². The molecule has 1 aromatic rings. The highest BCUT2D eigenvalue weighted by molar-refractivity contribution is 6.17. The van der Waals surface area contributed by atoms with Crippen LogP contribution in [-0.4, -0.2) is 6.10 Å². The number of rotatable bonds is 1. The maximum Gasteiger partial charge on any atom is 0.123 e. The summed E-state index contributed by atoms with van der Waals surface area (Å²) in [4.78, 5) is 0. The van der Waals surface area contributed by atoms with Gasteiger partial charge in [-0.1, -0.05) is 19.1 Å². The first-order chi connectivity index (χ1) is 6.22. The lowest BCUT2D eigenvalue weighted by Gasteiger charge is -2.07. The Kier molecular flexibility index (Phi) is 2.20. The van der Waals surface area contributed by atoms with E-state index in [0.717, 1.165) is 5.75 Å². The molecule has 0 N–H and O–H groups in total. The fraction of sp³-hybridized carbons (Fsp3) is 0.455. The smallest absolute Gasteiger partial charge is 0.123 e. The van der Waals surface area contributed by atoms with Crippen LogP contribution in [0.1, 0.15) is 30.9 Å². The van der Waals surface area contributed by atoms with Gasteiger partial charge in [-0.05, 0) is 18.6 Å². The van der Waals surface area contributed by atoms with Crippen molar-refractivity contribution >= 4 is 11.6 Å². The van der Waals surface area contributed by atoms with E-state index in [1.165, 1.54) is 11.1 Å². The number of ether oxygens (including phenoxy) is 1. The van der Waals surface area contributed by atoms with Crippen LogP contribution in [0.15, 0.2) is 18.2 Å². The highest BCUT2D eigenvalue weighted by atomic mass is 35.5. The zero-order valence-corrected chi connectivity index (χ0v) is 8.64. The Morgan fingerprint density at radius 3 is 2.85 bits per heavy atom. The van der Waals surface area contributed by atoms with E-state index in [1.807, 2.05) is 12.1 Å². The number of fused-ring (bicyclic) bond motifs is 1. The minimum Gasteiger partial charge on any atom is -0.490 e. The van der Waals surface area contributed by atoms with Crippen LogP contribution in [0.4, 0.5) is 0 Å². The summed E-state index contributed by atoms with van der Waals surface area (Å²) in [6, 6.07) is 6.19. The van der Waals surface area contributed by atoms with Crippen molar-refractivity contribution in [3.05, 3.63) is 29.3 Å². The normalized spacial score (nSPS) is 25.5. The summed E-state index contributed by atoms with van der Waals surface area (Å²) in [5.74, 6) is 2.08. The lowest BCUT2D eigenvalue weighted by Crippen LogP contribution is -2.10. The Hall–Kier alpha value is -0.690. The van der Waals surface area contributed by atoms with Crippen LogP contribution in [0.2, 0.25) is 0 Å². The molecule has 2 unspecified atom stereocenters. The number of alkyl halides is 1. The van der Waals surface area contributed by atoms with E-state index in [-0.39, 0.29) is 0 Å². The molecule has 2 heteroatoms. The van der Waals surface area contributed by atoms with Crippen LogP contribution in [0.25, 0.3) is 0 Å². The van der Waals surface area contributed by atoms with Crippen LogP contribution in [0.3, 0.4) is 0 Å². The van der Waals surface area contributed by atoms with Crippen molar-refractivity contribution in [2.75, 3.05) is 0 Å². The van der Waals surface area contributed by atoms with Gasteiger partial charge in [-0.25, -0.2) is 0 Å². The van der Waals surface area contributed by atoms with Gasteiger partial charge >= 0.3 is 0 Å². The van der Waals surface area contributed by atoms with Gasteiger partial charge in [0, 0.05) is 17.4 Å². The third-order valence-corrected chi connectivity index (χ3v) is 3.04. The van der Waals surface area contributed by atoms with Crippen LogP contribution in [0.5, 0.6) is 5.75 Å². The van der Waals surface area contributed by atoms with Crippen LogP contribution in [0, 0.1) is 0 Å². The maximum absolute atomic E-state index is 5.77. The summed E-state index contributed by atoms with van der Waals surface area (Å²) in [5, 5.41) is 0. The molecule has 0 amide bonds. The summed E-state index contributed by atoms with van der Waals surface area (Å²) < 4.78 is 5.68. The molecule has 0 saturated carbocycles. The second kappa shape index (κ2) is 3.22. The monoisotopic (exact) mass is 196 g/mol. The molecule has 70 valence electrons. The first kappa shape index (κ1) is 8.89. The topological polar surface area (TPSA) is 9.23 Å². The van der Waals surface area contributed by atoms with Gasteiger partial charge in [-0.2, -0.15) is 0 Å². The molecule has 1 aliphatic rings. The first-order valence-electron chi connectivity index (χ1n) is 4.58. The molecular weight excluding hydrogens is 184 g/mol. The molecule has 0 aliphatic carbocycles. The van der Waals surface area contributed by atoms with Gasteiger partial charge in [0.05, 0.1) is 0 Å². The fourth-order valence-electron chi connectivity index (χ4n) is 1.70. The van der Waals surface area contributed by atoms with Gasteiger partial charge < -0.3 is 4.74 Å². The van der Waals surface area contributed by atoms with Crippen molar-refractivity contribution in [2.45, 2.75) is 31.7 Å². The highest BCUT2D eigenvalue weighted by Crippen LogP contribution is 2.38. The van der Waals surface area contributed by atoms with E-state index >= 15 is 0 Å². The Labute approximate surface area is 83.7 Å². The van der Waals surface area contributed by atoms with Gasteiger partial charge in [0.15, 0.2) is 0 Å². The summed E-state index contributed by atoms with van der Waals surface area (Å²) >= 11 is 5.77. The minimum atomic E-state index is 0.292. The molecule has 0 fully saturated rings. The van der Waals surface area contributed by atoms with Crippen LogP contribution >= 0.6 is 11.6 Å². The number of benzene rings is 1. The Morgan fingerprint density at radius 2 is 2.15 bits per heavy atom. The van der Waals surface area contributed by atoms with Crippen LogP contribution in [-0.2, 0) is 5.88 Å². The molecule has 0 radical (unpaired) electrons. The highest BCUT2D eigenvalue weighted by Gasteiger charge is 2.27. The molecule has 1 heterocycles. The standard InChI is InChI=1S/C11H13ClO/c1-7-8(2)13-11-4-3-9(6-12)5-10(7)11/h3-5,7-8H,6H2,1-2H3. The second-order valence-electron chi connectivity index (χ2n) is 3.62. The Balaban J connectivity index is 2.42. The van der Waals surface area contributed by atoms with Gasteiger partial charge in [0.2, 0.25) is 0 Å². The fourth-order valence-corrected chi connectivity index (χ4v) is 1.87. The van der Waals surface area contributed by atoms with Gasteiger partial charge in [-0.3, -0.25) is 0 Å². The molecule has 2 rings (SSSR count). The summed E-state index contributed by atoms with van der Waals surface area (Å²) in [6.07, 6.45) is 0.292. The van der Waals surface area contributed by atoms with E-state index in [0.29, 0.717) is 17.9 Å². The SMILES string of the molecule is CC1Oc2ccc(CCl)cc2C1C. The van der Waals surface area contributed by atoms with E-state index in [2.05, 4.69) is 19.9 Å². The second-order valence-corrected chi connectivity index (χ2v) is 3.88. The summed E-state index contributed by atoms with van der Waals surface area (Å²) in [6.45, 7) is 4.29. The molecule has 0 saturated heterocycles. The molecule has 0 aromatic heterocycles. The number of hydrogen-bond donors (Lipinski definition) is 0. The van der Waals surface area contributed by atoms with E-state index in [4.69, 9.17) is 16.3 Å². The predicted molar refractivity (Wildman–Crippen MR) is 54.5 cm³/mol. The maximum atomic E-state index is 5.77. The molecule has 13 heavy (non-hydrogen) atoms. The average Bonchev–Trinajstić information content (AvgIpc) is 2.43. The van der Waals surface area contributed by atoms with Gasteiger partial charge in [-0.15, -0.1) is 11.6 Å². The Morgan fingerprint density at radius 1 is 1.38 bits per heavy atom. The Bertz CT molecular complexity index is 322. The molecule has 0 bridgehead atoms. The molecule has 1 aromatic carbocycles. The molecule has 1 nitrogen and oxygen atoms in total. The predicted octanol–water partition coefficient (Wildman–Crippen LogP) is 3.31. The van der Waals surface area contributed by atoms with Crippen molar-refractivity contribution in [1.82, 2.24) is 0 Å². The van der Waals surface area contributed by atoms with Crippen molar-refractivity contribution in [3.8, 4) is 5.75 Å².